The number of ether oxygens (including phenoxy) is 1. The van der Waals surface area contributed by atoms with Crippen LogP contribution >= 0.6 is 0 Å². The maximum absolute atomic E-state index is 5.10. The molecule has 0 aromatic heterocycles. The Bertz CT molecular complexity index is 199. The molecular formula is C14H30N2O. The van der Waals surface area contributed by atoms with Crippen LogP contribution in [0.15, 0.2) is 0 Å². The first-order chi connectivity index (χ1) is 8.17. The molecule has 0 bridgehead atoms. The average Bonchev–Trinajstić information content (AvgIpc) is 2.29. The third-order valence-electron chi connectivity index (χ3n) is 4.05. The third kappa shape index (κ3) is 5.36. The Morgan fingerprint density at radius 2 is 2.12 bits per heavy atom. The van der Waals surface area contributed by atoms with Crippen molar-refractivity contribution in [3.05, 3.63) is 0 Å². The lowest BCUT2D eigenvalue weighted by atomic mass is 9.78. The van der Waals surface area contributed by atoms with Crippen molar-refractivity contribution in [2.24, 2.45) is 11.8 Å². The van der Waals surface area contributed by atoms with E-state index in [0.29, 0.717) is 0 Å². The van der Waals surface area contributed by atoms with Crippen LogP contribution < -0.4 is 5.32 Å². The number of methoxy groups -OCH3 is 1. The minimum Gasteiger partial charge on any atom is -0.385 e. The van der Waals surface area contributed by atoms with Crippen LogP contribution in [0.5, 0.6) is 0 Å². The second-order valence-corrected chi connectivity index (χ2v) is 5.68. The fraction of sp³-hybridized carbons (Fsp3) is 1.00. The van der Waals surface area contributed by atoms with Crippen LogP contribution in [-0.4, -0.2) is 51.8 Å². The lowest BCUT2D eigenvalue weighted by Crippen LogP contribution is -2.43. The van der Waals surface area contributed by atoms with Gasteiger partial charge in [-0.05, 0) is 51.6 Å². The highest BCUT2D eigenvalue weighted by molar-refractivity contribution is 4.84. The largest absolute Gasteiger partial charge is 0.385 e. The van der Waals surface area contributed by atoms with Crippen molar-refractivity contribution in [3.8, 4) is 0 Å². The van der Waals surface area contributed by atoms with E-state index in [4.69, 9.17) is 4.74 Å². The summed E-state index contributed by atoms with van der Waals surface area (Å²) in [6.45, 7) is 5.64. The number of hydrogen-bond acceptors (Lipinski definition) is 3. The Morgan fingerprint density at radius 1 is 1.35 bits per heavy atom. The van der Waals surface area contributed by atoms with E-state index in [1.807, 2.05) is 0 Å². The number of hydrogen-bond donors (Lipinski definition) is 1. The number of rotatable bonds is 7. The lowest BCUT2D eigenvalue weighted by Gasteiger charge is -2.37. The summed E-state index contributed by atoms with van der Waals surface area (Å²) in [5.74, 6) is 1.72. The highest BCUT2D eigenvalue weighted by atomic mass is 16.5. The van der Waals surface area contributed by atoms with Gasteiger partial charge in [0.1, 0.15) is 0 Å². The van der Waals surface area contributed by atoms with Crippen LogP contribution in [0.3, 0.4) is 0 Å². The van der Waals surface area contributed by atoms with E-state index < -0.39 is 0 Å². The van der Waals surface area contributed by atoms with Gasteiger partial charge in [0.15, 0.2) is 0 Å². The summed E-state index contributed by atoms with van der Waals surface area (Å²) in [5, 5.41) is 3.50. The quantitative estimate of drug-likeness (QED) is 0.691. The first kappa shape index (κ1) is 14.9. The molecule has 0 amide bonds. The highest BCUT2D eigenvalue weighted by Crippen LogP contribution is 2.29. The Kier molecular flexibility index (Phi) is 7.09. The third-order valence-corrected chi connectivity index (χ3v) is 4.05. The summed E-state index contributed by atoms with van der Waals surface area (Å²) in [5.41, 5.74) is 0. The summed E-state index contributed by atoms with van der Waals surface area (Å²) in [7, 11) is 6.13. The van der Waals surface area contributed by atoms with Crippen LogP contribution in [0.2, 0.25) is 0 Å². The van der Waals surface area contributed by atoms with E-state index in [9.17, 15) is 0 Å². The van der Waals surface area contributed by atoms with Crippen molar-refractivity contribution in [2.75, 3.05) is 40.9 Å². The molecule has 1 rings (SSSR count). The van der Waals surface area contributed by atoms with Crippen LogP contribution in [0.4, 0.5) is 0 Å². The van der Waals surface area contributed by atoms with E-state index in [1.165, 1.54) is 25.8 Å². The van der Waals surface area contributed by atoms with Gasteiger partial charge in [0.2, 0.25) is 0 Å². The molecule has 3 unspecified atom stereocenters. The van der Waals surface area contributed by atoms with Gasteiger partial charge in [-0.25, -0.2) is 0 Å². The molecule has 0 saturated heterocycles. The van der Waals surface area contributed by atoms with Crippen molar-refractivity contribution < 1.29 is 4.74 Å². The van der Waals surface area contributed by atoms with Crippen molar-refractivity contribution in [1.82, 2.24) is 10.2 Å². The molecule has 0 heterocycles. The Hall–Kier alpha value is -0.120. The van der Waals surface area contributed by atoms with E-state index in [1.54, 1.807) is 7.11 Å². The highest BCUT2D eigenvalue weighted by Gasteiger charge is 2.28. The molecule has 1 aliphatic carbocycles. The summed E-state index contributed by atoms with van der Waals surface area (Å²) in [6.07, 6.45) is 5.24. The zero-order valence-corrected chi connectivity index (χ0v) is 12.0. The summed E-state index contributed by atoms with van der Waals surface area (Å²) in [6, 6.07) is 0.719. The summed E-state index contributed by atoms with van der Waals surface area (Å²) in [4.78, 5) is 2.46. The van der Waals surface area contributed by atoms with Crippen LogP contribution in [0.1, 0.15) is 32.6 Å². The maximum Gasteiger partial charge on any atom is 0.0474 e. The molecule has 0 spiro atoms. The van der Waals surface area contributed by atoms with Gasteiger partial charge in [0.25, 0.3) is 0 Å². The molecule has 3 atom stereocenters. The first-order valence-corrected chi connectivity index (χ1v) is 7.02. The molecule has 1 saturated carbocycles. The van der Waals surface area contributed by atoms with Crippen LogP contribution in [0.25, 0.3) is 0 Å². The standard InChI is InChI=1S/C14H30N2O/c1-12-6-7-14(15-2)13(10-12)11-16(3)8-5-9-17-4/h12-15H,5-11H2,1-4H3. The van der Waals surface area contributed by atoms with Gasteiger partial charge in [-0.15, -0.1) is 0 Å². The van der Waals surface area contributed by atoms with Crippen LogP contribution in [0, 0.1) is 11.8 Å². The molecule has 1 fully saturated rings. The minimum absolute atomic E-state index is 0.719. The van der Waals surface area contributed by atoms with Crippen molar-refractivity contribution in [1.29, 1.82) is 0 Å². The predicted molar refractivity (Wildman–Crippen MR) is 73.3 cm³/mol. The molecule has 0 aliphatic heterocycles. The molecule has 102 valence electrons. The van der Waals surface area contributed by atoms with Crippen molar-refractivity contribution in [3.63, 3.8) is 0 Å². The number of nitrogens with one attached hydrogen (secondary N) is 1. The Balaban J connectivity index is 2.30. The van der Waals surface area contributed by atoms with Gasteiger partial charge in [0, 0.05) is 32.8 Å². The predicted octanol–water partition coefficient (Wildman–Crippen LogP) is 1.98. The monoisotopic (exact) mass is 242 g/mol. The second kappa shape index (κ2) is 8.06. The molecule has 1 aliphatic rings. The molecule has 1 N–H and O–H groups in total. The van der Waals surface area contributed by atoms with E-state index in [2.05, 4.69) is 31.2 Å². The molecule has 0 radical (unpaired) electrons. The topological polar surface area (TPSA) is 24.5 Å². The Labute approximate surface area is 107 Å². The van der Waals surface area contributed by atoms with E-state index >= 15 is 0 Å². The zero-order valence-electron chi connectivity index (χ0n) is 12.0. The Morgan fingerprint density at radius 3 is 2.76 bits per heavy atom. The molecule has 3 nitrogen and oxygen atoms in total. The van der Waals surface area contributed by atoms with E-state index in [0.717, 1.165) is 37.5 Å². The fourth-order valence-electron chi connectivity index (χ4n) is 3.05. The summed E-state index contributed by atoms with van der Waals surface area (Å²) >= 11 is 0. The van der Waals surface area contributed by atoms with Gasteiger partial charge in [-0.3, -0.25) is 0 Å². The minimum atomic E-state index is 0.719. The van der Waals surface area contributed by atoms with Crippen molar-refractivity contribution in [2.45, 2.75) is 38.6 Å². The van der Waals surface area contributed by atoms with Crippen molar-refractivity contribution >= 4 is 0 Å². The maximum atomic E-state index is 5.10. The van der Waals surface area contributed by atoms with Gasteiger partial charge in [-0.2, -0.15) is 0 Å². The normalized spacial score (nSPS) is 29.8. The van der Waals surface area contributed by atoms with Crippen LogP contribution in [-0.2, 0) is 4.74 Å². The summed E-state index contributed by atoms with van der Waals surface area (Å²) < 4.78 is 5.10. The van der Waals surface area contributed by atoms with Gasteiger partial charge >= 0.3 is 0 Å². The molecule has 3 heteroatoms. The number of nitrogens with zero attached hydrogens (tertiary/aromatic N) is 1. The first-order valence-electron chi connectivity index (χ1n) is 7.02. The van der Waals surface area contributed by atoms with E-state index in [-0.39, 0.29) is 0 Å². The zero-order chi connectivity index (χ0) is 12.7. The van der Waals surface area contributed by atoms with Gasteiger partial charge < -0.3 is 15.0 Å². The average molecular weight is 242 g/mol. The second-order valence-electron chi connectivity index (χ2n) is 5.68. The molecule has 17 heavy (non-hydrogen) atoms. The lowest BCUT2D eigenvalue weighted by molar-refractivity contribution is 0.146. The molecule has 0 aromatic carbocycles. The smallest absolute Gasteiger partial charge is 0.0474 e. The molecular weight excluding hydrogens is 212 g/mol. The van der Waals surface area contributed by atoms with Gasteiger partial charge in [-0.1, -0.05) is 6.92 Å². The van der Waals surface area contributed by atoms with Gasteiger partial charge in [0.05, 0.1) is 0 Å². The SMILES string of the molecule is CNC1CCC(C)CC1CN(C)CCCOC. The fourth-order valence-corrected chi connectivity index (χ4v) is 3.05. The molecule has 0 aromatic rings.